The molecule has 0 atom stereocenters. The molecule has 1 nitrogen and oxygen atoms in total. The van der Waals surface area contributed by atoms with Crippen LogP contribution in [0.2, 0.25) is 0 Å². The van der Waals surface area contributed by atoms with E-state index >= 15 is 0 Å². The lowest BCUT2D eigenvalue weighted by atomic mass is 10.3. The van der Waals surface area contributed by atoms with Crippen molar-refractivity contribution in [3.05, 3.63) is 0 Å². The van der Waals surface area contributed by atoms with Gasteiger partial charge >= 0.3 is 0 Å². The van der Waals surface area contributed by atoms with Gasteiger partial charge in [-0.25, -0.2) is 0 Å². The van der Waals surface area contributed by atoms with Gasteiger partial charge in [0.25, 0.3) is 0 Å². The van der Waals surface area contributed by atoms with E-state index in [0.717, 1.165) is 13.2 Å². The van der Waals surface area contributed by atoms with Crippen LogP contribution in [0.4, 0.5) is 0 Å². The Kier molecular flexibility index (Phi) is 22.0. The van der Waals surface area contributed by atoms with Gasteiger partial charge in [-0.15, -0.1) is 23.2 Å². The summed E-state index contributed by atoms with van der Waals surface area (Å²) >= 11 is 9.53. The zero-order chi connectivity index (χ0) is 9.66. The Morgan fingerprint density at radius 2 is 1.25 bits per heavy atom. The highest BCUT2D eigenvalue weighted by atomic mass is 35.5. The number of unbranched alkanes of at least 4 members (excludes halogenated alkanes) is 2. The molecule has 0 heterocycles. The smallest absolute Gasteiger partial charge is 0.0967 e. The second-order valence-corrected chi connectivity index (χ2v) is 3.23. The summed E-state index contributed by atoms with van der Waals surface area (Å²) < 4.78 is 5.31. The molecule has 0 spiro atoms. The lowest BCUT2D eigenvalue weighted by Gasteiger charge is -1.99. The van der Waals surface area contributed by atoms with Crippen molar-refractivity contribution in [1.29, 1.82) is 0 Å². The van der Waals surface area contributed by atoms with E-state index in [1.54, 1.807) is 0 Å². The number of ether oxygens (including phenoxy) is 1. The summed E-state index contributed by atoms with van der Waals surface area (Å²) in [6.45, 7) is 6.28. The minimum absolute atomic E-state index is 0.194. The quantitative estimate of drug-likeness (QED) is 0.480. The largest absolute Gasteiger partial charge is 0.381 e. The summed E-state index contributed by atoms with van der Waals surface area (Å²) in [5, 5.41) is 0.194. The van der Waals surface area contributed by atoms with E-state index in [1.165, 1.54) is 25.7 Å². The minimum Gasteiger partial charge on any atom is -0.381 e. The average Bonchev–Trinajstić information content (AvgIpc) is 2.06. The van der Waals surface area contributed by atoms with E-state index in [1.807, 2.05) is 0 Å². The van der Waals surface area contributed by atoms with E-state index in [4.69, 9.17) is 27.9 Å². The Bertz CT molecular complexity index is 54.5. The monoisotopic (exact) mass is 214 g/mol. The van der Waals surface area contributed by atoms with Crippen molar-refractivity contribution in [3.8, 4) is 0 Å². The van der Waals surface area contributed by atoms with Crippen LogP contribution >= 0.6 is 23.2 Å². The average molecular weight is 215 g/mol. The molecule has 0 aromatic rings. The Labute approximate surface area is 86.4 Å². The van der Waals surface area contributed by atoms with E-state index in [-0.39, 0.29) is 5.34 Å². The third kappa shape index (κ3) is 22.4. The number of rotatable bonds is 6. The van der Waals surface area contributed by atoms with Crippen molar-refractivity contribution >= 4 is 23.2 Å². The van der Waals surface area contributed by atoms with Gasteiger partial charge in [0.15, 0.2) is 0 Å². The number of hydrogen-bond acceptors (Lipinski definition) is 1. The van der Waals surface area contributed by atoms with Crippen molar-refractivity contribution in [2.45, 2.75) is 39.5 Å². The standard InChI is InChI=1S/C8H18O.CH2Cl2/c1-3-5-7-9-8-6-4-2;2-1-3/h3-8H2,1-2H3;1H2. The first-order valence-corrected chi connectivity index (χ1v) is 5.60. The van der Waals surface area contributed by atoms with Crippen molar-refractivity contribution in [3.63, 3.8) is 0 Å². The van der Waals surface area contributed by atoms with E-state index in [2.05, 4.69) is 13.8 Å². The van der Waals surface area contributed by atoms with Gasteiger partial charge in [0.2, 0.25) is 0 Å². The van der Waals surface area contributed by atoms with Gasteiger partial charge in [-0.2, -0.15) is 0 Å². The number of alkyl halides is 2. The zero-order valence-corrected chi connectivity index (χ0v) is 9.63. The van der Waals surface area contributed by atoms with Crippen LogP contribution in [-0.4, -0.2) is 18.6 Å². The van der Waals surface area contributed by atoms with Crippen molar-refractivity contribution in [2.24, 2.45) is 0 Å². The third-order valence-corrected chi connectivity index (χ3v) is 1.28. The fourth-order valence-corrected chi connectivity index (χ4v) is 0.595. The molecule has 0 aromatic carbocycles. The van der Waals surface area contributed by atoms with Gasteiger partial charge in [0.1, 0.15) is 0 Å². The molecule has 0 saturated heterocycles. The predicted octanol–water partition coefficient (Wildman–Crippen LogP) is 4.02. The third-order valence-electron chi connectivity index (χ3n) is 1.28. The normalized spacial score (nSPS) is 9.00. The Morgan fingerprint density at radius 3 is 1.50 bits per heavy atom. The molecule has 0 saturated carbocycles. The maximum Gasteiger partial charge on any atom is 0.0967 e. The van der Waals surface area contributed by atoms with Gasteiger partial charge in [-0.3, -0.25) is 0 Å². The summed E-state index contributed by atoms with van der Waals surface area (Å²) in [4.78, 5) is 0. The second-order valence-electron chi connectivity index (χ2n) is 2.42. The summed E-state index contributed by atoms with van der Waals surface area (Å²) in [6, 6.07) is 0. The fourth-order valence-electron chi connectivity index (χ4n) is 0.595. The van der Waals surface area contributed by atoms with Crippen molar-refractivity contribution < 1.29 is 4.74 Å². The van der Waals surface area contributed by atoms with Crippen LogP contribution in [-0.2, 0) is 4.74 Å². The molecule has 0 aliphatic rings. The Hall–Kier alpha value is 0.540. The van der Waals surface area contributed by atoms with Gasteiger partial charge in [0.05, 0.1) is 5.34 Å². The lowest BCUT2D eigenvalue weighted by molar-refractivity contribution is 0.128. The highest BCUT2D eigenvalue weighted by Crippen LogP contribution is 1.91. The van der Waals surface area contributed by atoms with Crippen molar-refractivity contribution in [1.82, 2.24) is 0 Å². The summed E-state index contributed by atoms with van der Waals surface area (Å²) in [6.07, 6.45) is 4.91. The van der Waals surface area contributed by atoms with Gasteiger partial charge in [0, 0.05) is 13.2 Å². The van der Waals surface area contributed by atoms with Crippen LogP contribution in [0, 0.1) is 0 Å². The van der Waals surface area contributed by atoms with Crippen LogP contribution in [0.3, 0.4) is 0 Å². The van der Waals surface area contributed by atoms with E-state index < -0.39 is 0 Å². The van der Waals surface area contributed by atoms with Crippen LogP contribution in [0.5, 0.6) is 0 Å². The van der Waals surface area contributed by atoms with Crippen LogP contribution < -0.4 is 0 Å². The maximum atomic E-state index is 5.31. The Morgan fingerprint density at radius 1 is 0.917 bits per heavy atom. The molecule has 0 fully saturated rings. The van der Waals surface area contributed by atoms with Gasteiger partial charge in [-0.1, -0.05) is 26.7 Å². The molecule has 0 bridgehead atoms. The zero-order valence-electron chi connectivity index (χ0n) is 8.11. The molecule has 3 heteroatoms. The number of hydrogen-bond donors (Lipinski definition) is 0. The lowest BCUT2D eigenvalue weighted by Crippen LogP contribution is -1.95. The summed E-state index contributed by atoms with van der Waals surface area (Å²) in [5.41, 5.74) is 0. The number of halogens is 2. The first-order chi connectivity index (χ1) is 5.83. The molecule has 12 heavy (non-hydrogen) atoms. The predicted molar refractivity (Wildman–Crippen MR) is 57.2 cm³/mol. The fraction of sp³-hybridized carbons (Fsp3) is 1.00. The second kappa shape index (κ2) is 17.6. The van der Waals surface area contributed by atoms with Crippen LogP contribution in [0.1, 0.15) is 39.5 Å². The molecule has 76 valence electrons. The first-order valence-electron chi connectivity index (χ1n) is 4.53. The molecule has 0 aliphatic carbocycles. The molecule has 0 radical (unpaired) electrons. The van der Waals surface area contributed by atoms with E-state index in [9.17, 15) is 0 Å². The highest BCUT2D eigenvalue weighted by Gasteiger charge is 1.84. The first kappa shape index (κ1) is 15.0. The molecule has 0 rings (SSSR count). The van der Waals surface area contributed by atoms with Crippen LogP contribution in [0.15, 0.2) is 0 Å². The topological polar surface area (TPSA) is 9.23 Å². The molecular formula is C9H20Cl2O. The molecule has 0 amide bonds. The molecule has 0 aromatic heterocycles. The molecule has 0 aliphatic heterocycles. The highest BCUT2D eigenvalue weighted by molar-refractivity contribution is 6.40. The van der Waals surface area contributed by atoms with Gasteiger partial charge < -0.3 is 4.74 Å². The van der Waals surface area contributed by atoms with E-state index in [0.29, 0.717) is 0 Å². The summed E-state index contributed by atoms with van der Waals surface area (Å²) in [5.74, 6) is 0. The SMILES string of the molecule is CCCCOCCCC.ClCCl. The Balaban J connectivity index is 0. The van der Waals surface area contributed by atoms with Crippen LogP contribution in [0.25, 0.3) is 0 Å². The molecule has 0 N–H and O–H groups in total. The minimum atomic E-state index is 0.194. The van der Waals surface area contributed by atoms with Gasteiger partial charge in [-0.05, 0) is 12.8 Å². The molecule has 0 unspecified atom stereocenters. The summed E-state index contributed by atoms with van der Waals surface area (Å²) in [7, 11) is 0. The van der Waals surface area contributed by atoms with Crippen molar-refractivity contribution in [2.75, 3.05) is 18.6 Å². The maximum absolute atomic E-state index is 5.31. The molecular weight excluding hydrogens is 195 g/mol.